The molecule has 3 aromatic carbocycles. The van der Waals surface area contributed by atoms with Crippen molar-refractivity contribution in [3.63, 3.8) is 0 Å². The lowest BCUT2D eigenvalue weighted by atomic mass is 9.87. The van der Waals surface area contributed by atoms with Gasteiger partial charge in [-0.1, -0.05) is 69.3 Å². The first kappa shape index (κ1) is 25.2. The maximum Gasteiger partial charge on any atom is 0.255 e. The molecule has 1 heterocycles. The molecule has 0 saturated carbocycles. The molecule has 1 amide bonds. The van der Waals surface area contributed by atoms with E-state index in [1.54, 1.807) is 0 Å². The lowest BCUT2D eigenvalue weighted by Gasteiger charge is -2.19. The van der Waals surface area contributed by atoms with Crippen molar-refractivity contribution in [2.75, 3.05) is 5.32 Å². The van der Waals surface area contributed by atoms with E-state index in [4.69, 9.17) is 4.74 Å². The van der Waals surface area contributed by atoms with Gasteiger partial charge in [-0.05, 0) is 72.7 Å². The van der Waals surface area contributed by atoms with E-state index in [1.165, 1.54) is 16.7 Å². The van der Waals surface area contributed by atoms with Gasteiger partial charge in [-0.15, -0.1) is 0 Å². The lowest BCUT2D eigenvalue weighted by molar-refractivity contribution is 0.102. The van der Waals surface area contributed by atoms with Crippen LogP contribution in [0.4, 0.5) is 5.69 Å². The number of hydrogen-bond acceptors (Lipinski definition) is 3. The van der Waals surface area contributed by atoms with Gasteiger partial charge in [-0.3, -0.25) is 9.48 Å². The predicted octanol–water partition coefficient (Wildman–Crippen LogP) is 6.99. The van der Waals surface area contributed by atoms with Crippen molar-refractivity contribution in [3.8, 4) is 5.75 Å². The first-order chi connectivity index (χ1) is 17.1. The summed E-state index contributed by atoms with van der Waals surface area (Å²) in [5, 5.41) is 7.75. The fourth-order valence-electron chi connectivity index (χ4n) is 4.19. The minimum atomic E-state index is -0.159. The number of nitrogens with one attached hydrogen (secondary N) is 1. The van der Waals surface area contributed by atoms with E-state index in [-0.39, 0.29) is 11.3 Å². The summed E-state index contributed by atoms with van der Waals surface area (Å²) >= 11 is 0. The number of carbonyl (C=O) groups is 1. The molecule has 5 heteroatoms. The van der Waals surface area contributed by atoms with Gasteiger partial charge >= 0.3 is 0 Å². The van der Waals surface area contributed by atoms with Crippen molar-refractivity contribution in [3.05, 3.63) is 112 Å². The third kappa shape index (κ3) is 5.85. The zero-order valence-corrected chi connectivity index (χ0v) is 22.1. The molecular weight excluding hydrogens is 446 g/mol. The van der Waals surface area contributed by atoms with E-state index in [9.17, 15) is 4.79 Å². The van der Waals surface area contributed by atoms with Gasteiger partial charge < -0.3 is 10.1 Å². The normalized spacial score (nSPS) is 11.4. The van der Waals surface area contributed by atoms with Crippen molar-refractivity contribution >= 4 is 11.6 Å². The molecule has 0 atom stereocenters. The lowest BCUT2D eigenvalue weighted by Crippen LogP contribution is -2.14. The highest BCUT2D eigenvalue weighted by molar-refractivity contribution is 6.05. The molecule has 4 aromatic rings. The SMILES string of the molecule is Cc1ccccc1Cn1nc(C)c(NC(=O)c2cccc(COc3ccc(C(C)(C)C)cc3)c2)c1C. The predicted molar refractivity (Wildman–Crippen MR) is 146 cm³/mol. The number of nitrogens with zero attached hydrogens (tertiary/aromatic N) is 2. The number of rotatable bonds is 7. The van der Waals surface area contributed by atoms with Crippen LogP contribution in [0.3, 0.4) is 0 Å². The molecule has 0 radical (unpaired) electrons. The average Bonchev–Trinajstić information content (AvgIpc) is 3.11. The van der Waals surface area contributed by atoms with Crippen molar-refractivity contribution in [1.82, 2.24) is 9.78 Å². The topological polar surface area (TPSA) is 56.2 Å². The summed E-state index contributed by atoms with van der Waals surface area (Å²) < 4.78 is 7.92. The monoisotopic (exact) mass is 481 g/mol. The van der Waals surface area contributed by atoms with Crippen LogP contribution in [0.2, 0.25) is 0 Å². The Morgan fingerprint density at radius 2 is 1.67 bits per heavy atom. The molecular formula is C31H35N3O2. The minimum Gasteiger partial charge on any atom is -0.489 e. The van der Waals surface area contributed by atoms with Gasteiger partial charge in [-0.2, -0.15) is 5.10 Å². The van der Waals surface area contributed by atoms with Crippen molar-refractivity contribution < 1.29 is 9.53 Å². The fourth-order valence-corrected chi connectivity index (χ4v) is 4.19. The Morgan fingerprint density at radius 3 is 2.36 bits per heavy atom. The molecule has 0 fully saturated rings. The van der Waals surface area contributed by atoms with Gasteiger partial charge in [0.15, 0.2) is 0 Å². The molecule has 5 nitrogen and oxygen atoms in total. The van der Waals surface area contributed by atoms with E-state index in [0.29, 0.717) is 18.7 Å². The molecule has 1 N–H and O–H groups in total. The van der Waals surface area contributed by atoms with E-state index in [2.05, 4.69) is 62.4 Å². The fraction of sp³-hybridized carbons (Fsp3) is 0.290. The van der Waals surface area contributed by atoms with Crippen LogP contribution in [0.5, 0.6) is 5.75 Å². The third-order valence-electron chi connectivity index (χ3n) is 6.52. The number of aromatic nitrogens is 2. The number of aryl methyl sites for hydroxylation is 2. The van der Waals surface area contributed by atoms with Crippen LogP contribution in [0.25, 0.3) is 0 Å². The largest absolute Gasteiger partial charge is 0.489 e. The van der Waals surface area contributed by atoms with Gasteiger partial charge in [0.1, 0.15) is 12.4 Å². The standard InChI is InChI=1S/C31H35N3O2/c1-21-10-7-8-12-26(21)19-34-23(3)29(22(2)33-34)32-30(35)25-13-9-11-24(18-25)20-36-28-16-14-27(15-17-28)31(4,5)6/h7-18H,19-20H2,1-6H3,(H,32,35). The highest BCUT2D eigenvalue weighted by Crippen LogP contribution is 2.25. The second-order valence-corrected chi connectivity index (χ2v) is 10.3. The zero-order valence-electron chi connectivity index (χ0n) is 22.1. The van der Waals surface area contributed by atoms with Gasteiger partial charge in [0, 0.05) is 5.56 Å². The van der Waals surface area contributed by atoms with E-state index < -0.39 is 0 Å². The number of carbonyl (C=O) groups excluding carboxylic acids is 1. The van der Waals surface area contributed by atoms with E-state index in [0.717, 1.165) is 28.4 Å². The van der Waals surface area contributed by atoms with Crippen LogP contribution in [0.1, 0.15) is 64.8 Å². The third-order valence-corrected chi connectivity index (χ3v) is 6.52. The Labute approximate surface area is 214 Å². The molecule has 0 spiro atoms. The summed E-state index contributed by atoms with van der Waals surface area (Å²) in [6.07, 6.45) is 0. The Hall–Kier alpha value is -3.86. The molecule has 36 heavy (non-hydrogen) atoms. The van der Waals surface area contributed by atoms with E-state index in [1.807, 2.05) is 67.1 Å². The minimum absolute atomic E-state index is 0.105. The highest BCUT2D eigenvalue weighted by Gasteiger charge is 2.17. The smallest absolute Gasteiger partial charge is 0.255 e. The second kappa shape index (κ2) is 10.4. The first-order valence-electron chi connectivity index (χ1n) is 12.3. The Bertz CT molecular complexity index is 1360. The molecule has 0 aliphatic heterocycles. The summed E-state index contributed by atoms with van der Waals surface area (Å²) in [5.41, 5.74) is 7.82. The molecule has 0 saturated heterocycles. The highest BCUT2D eigenvalue weighted by atomic mass is 16.5. The summed E-state index contributed by atoms with van der Waals surface area (Å²) in [5.74, 6) is 0.651. The number of benzene rings is 3. The Morgan fingerprint density at radius 1 is 0.944 bits per heavy atom. The van der Waals surface area contributed by atoms with Gasteiger partial charge in [-0.25, -0.2) is 0 Å². The summed E-state index contributed by atoms with van der Waals surface area (Å²) in [7, 11) is 0. The molecule has 0 unspecified atom stereocenters. The molecule has 1 aromatic heterocycles. The average molecular weight is 482 g/mol. The number of amides is 1. The maximum atomic E-state index is 13.1. The quantitative estimate of drug-likeness (QED) is 0.310. The number of ether oxygens (including phenoxy) is 1. The van der Waals surface area contributed by atoms with Crippen molar-refractivity contribution in [1.29, 1.82) is 0 Å². The first-order valence-corrected chi connectivity index (χ1v) is 12.3. The number of hydrogen-bond donors (Lipinski definition) is 1. The van der Waals surface area contributed by atoms with Gasteiger partial charge in [0.05, 0.1) is 23.6 Å². The maximum absolute atomic E-state index is 13.1. The van der Waals surface area contributed by atoms with Gasteiger partial charge in [0.2, 0.25) is 0 Å². The van der Waals surface area contributed by atoms with Crippen LogP contribution in [-0.2, 0) is 18.6 Å². The summed E-state index contributed by atoms with van der Waals surface area (Å²) in [6, 6.07) is 24.0. The van der Waals surface area contributed by atoms with Crippen LogP contribution < -0.4 is 10.1 Å². The van der Waals surface area contributed by atoms with Gasteiger partial charge in [0.25, 0.3) is 5.91 Å². The van der Waals surface area contributed by atoms with Crippen LogP contribution in [0.15, 0.2) is 72.8 Å². The molecule has 0 bridgehead atoms. The van der Waals surface area contributed by atoms with E-state index >= 15 is 0 Å². The van der Waals surface area contributed by atoms with Crippen LogP contribution >= 0.6 is 0 Å². The Balaban J connectivity index is 1.43. The van der Waals surface area contributed by atoms with Crippen LogP contribution in [0, 0.1) is 20.8 Å². The Kier molecular flexibility index (Phi) is 7.30. The summed E-state index contributed by atoms with van der Waals surface area (Å²) in [6.45, 7) is 13.6. The molecule has 0 aliphatic carbocycles. The molecule has 186 valence electrons. The zero-order chi connectivity index (χ0) is 25.9. The van der Waals surface area contributed by atoms with Crippen molar-refractivity contribution in [2.24, 2.45) is 0 Å². The second-order valence-electron chi connectivity index (χ2n) is 10.3. The summed E-state index contributed by atoms with van der Waals surface area (Å²) in [4.78, 5) is 13.1. The van der Waals surface area contributed by atoms with Crippen molar-refractivity contribution in [2.45, 2.75) is 60.1 Å². The molecule has 4 rings (SSSR count). The van der Waals surface area contributed by atoms with Crippen LogP contribution in [-0.4, -0.2) is 15.7 Å². The number of anilines is 1. The molecule has 0 aliphatic rings.